The molecule has 94 valence electrons. The molecule has 17 heavy (non-hydrogen) atoms. The number of ether oxygens (including phenoxy) is 1. The monoisotopic (exact) mass is 235 g/mol. The molecular formula is C14H21NO2. The molecule has 3 heteroatoms. The van der Waals surface area contributed by atoms with Gasteiger partial charge >= 0.3 is 5.97 Å². The van der Waals surface area contributed by atoms with Gasteiger partial charge < -0.3 is 10.5 Å². The molecule has 3 nitrogen and oxygen atoms in total. The molecule has 0 spiro atoms. The third-order valence-electron chi connectivity index (χ3n) is 2.22. The first-order chi connectivity index (χ1) is 7.90. The molecule has 0 amide bonds. The van der Waals surface area contributed by atoms with Gasteiger partial charge in [-0.3, -0.25) is 4.79 Å². The smallest absolute Gasteiger partial charge is 0.310 e. The lowest BCUT2D eigenvalue weighted by atomic mass is 10.1. The van der Waals surface area contributed by atoms with Gasteiger partial charge in [-0.15, -0.1) is 0 Å². The van der Waals surface area contributed by atoms with Crippen LogP contribution in [0.3, 0.4) is 0 Å². The van der Waals surface area contributed by atoms with Crippen LogP contribution in [0.1, 0.15) is 31.9 Å². The SMILES string of the molecule is CC(C)(C)OC(=O)Cc1ccc(CCN)cc1. The Morgan fingerprint density at radius 1 is 1.18 bits per heavy atom. The number of esters is 1. The van der Waals surface area contributed by atoms with E-state index in [9.17, 15) is 4.79 Å². The van der Waals surface area contributed by atoms with Crippen molar-refractivity contribution in [1.82, 2.24) is 0 Å². The Balaban J connectivity index is 2.54. The lowest BCUT2D eigenvalue weighted by Gasteiger charge is -2.19. The first-order valence-electron chi connectivity index (χ1n) is 5.90. The average Bonchev–Trinajstić information content (AvgIpc) is 2.18. The van der Waals surface area contributed by atoms with Crippen molar-refractivity contribution in [2.24, 2.45) is 5.73 Å². The van der Waals surface area contributed by atoms with E-state index in [1.165, 1.54) is 5.56 Å². The third-order valence-corrected chi connectivity index (χ3v) is 2.22. The summed E-state index contributed by atoms with van der Waals surface area (Å²) in [6.07, 6.45) is 1.19. The van der Waals surface area contributed by atoms with Crippen molar-refractivity contribution in [3.8, 4) is 0 Å². The van der Waals surface area contributed by atoms with Gasteiger partial charge in [0.1, 0.15) is 5.60 Å². The van der Waals surface area contributed by atoms with Crippen LogP contribution < -0.4 is 5.73 Å². The van der Waals surface area contributed by atoms with Crippen molar-refractivity contribution in [2.75, 3.05) is 6.54 Å². The zero-order chi connectivity index (χ0) is 12.9. The molecule has 0 bridgehead atoms. The quantitative estimate of drug-likeness (QED) is 0.813. The minimum atomic E-state index is -0.420. The topological polar surface area (TPSA) is 52.3 Å². The summed E-state index contributed by atoms with van der Waals surface area (Å²) < 4.78 is 5.26. The van der Waals surface area contributed by atoms with Gasteiger partial charge in [-0.05, 0) is 44.9 Å². The number of hydrogen-bond donors (Lipinski definition) is 1. The summed E-state index contributed by atoms with van der Waals surface area (Å²) in [4.78, 5) is 11.6. The molecule has 2 N–H and O–H groups in total. The number of hydrogen-bond acceptors (Lipinski definition) is 3. The van der Waals surface area contributed by atoms with E-state index in [1.807, 2.05) is 45.0 Å². The van der Waals surface area contributed by atoms with Crippen LogP contribution in [0.25, 0.3) is 0 Å². The van der Waals surface area contributed by atoms with Gasteiger partial charge in [0.2, 0.25) is 0 Å². The molecular weight excluding hydrogens is 214 g/mol. The summed E-state index contributed by atoms with van der Waals surface area (Å²) in [5, 5.41) is 0. The van der Waals surface area contributed by atoms with Crippen LogP contribution in [0.2, 0.25) is 0 Å². The predicted octanol–water partition coefficient (Wildman–Crippen LogP) is 2.07. The highest BCUT2D eigenvalue weighted by Crippen LogP contribution is 2.11. The third kappa shape index (κ3) is 5.50. The van der Waals surface area contributed by atoms with Gasteiger partial charge in [-0.2, -0.15) is 0 Å². The normalized spacial score (nSPS) is 11.3. The van der Waals surface area contributed by atoms with Gasteiger partial charge in [-0.25, -0.2) is 0 Å². The van der Waals surface area contributed by atoms with E-state index < -0.39 is 5.60 Å². The van der Waals surface area contributed by atoms with E-state index in [-0.39, 0.29) is 5.97 Å². The molecule has 0 saturated carbocycles. The lowest BCUT2D eigenvalue weighted by molar-refractivity contribution is -0.153. The fourth-order valence-corrected chi connectivity index (χ4v) is 1.53. The molecule has 0 atom stereocenters. The molecule has 0 aliphatic carbocycles. The van der Waals surface area contributed by atoms with Crippen LogP contribution in [-0.4, -0.2) is 18.1 Å². The molecule has 0 radical (unpaired) electrons. The van der Waals surface area contributed by atoms with Gasteiger partial charge in [0.15, 0.2) is 0 Å². The highest BCUT2D eigenvalue weighted by Gasteiger charge is 2.16. The van der Waals surface area contributed by atoms with Crippen LogP contribution in [0.4, 0.5) is 0 Å². The van der Waals surface area contributed by atoms with E-state index in [0.29, 0.717) is 13.0 Å². The Morgan fingerprint density at radius 2 is 1.71 bits per heavy atom. The van der Waals surface area contributed by atoms with Gasteiger partial charge in [0, 0.05) is 0 Å². The summed E-state index contributed by atoms with van der Waals surface area (Å²) in [5.74, 6) is -0.191. The maximum atomic E-state index is 11.6. The first-order valence-corrected chi connectivity index (χ1v) is 5.90. The van der Waals surface area contributed by atoms with Crippen molar-refractivity contribution in [3.63, 3.8) is 0 Å². The number of nitrogens with two attached hydrogens (primary N) is 1. The minimum absolute atomic E-state index is 0.191. The van der Waals surface area contributed by atoms with E-state index >= 15 is 0 Å². The summed E-state index contributed by atoms with van der Waals surface area (Å²) in [7, 11) is 0. The zero-order valence-corrected chi connectivity index (χ0v) is 10.8. The first kappa shape index (κ1) is 13.7. The molecule has 1 aromatic carbocycles. The largest absolute Gasteiger partial charge is 0.460 e. The summed E-state index contributed by atoms with van der Waals surface area (Å²) >= 11 is 0. The molecule has 0 aliphatic rings. The molecule has 1 aromatic rings. The Kier molecular flexibility index (Phi) is 4.70. The van der Waals surface area contributed by atoms with Crippen LogP contribution in [0, 0.1) is 0 Å². The van der Waals surface area contributed by atoms with Crippen molar-refractivity contribution in [1.29, 1.82) is 0 Å². The fourth-order valence-electron chi connectivity index (χ4n) is 1.53. The number of carbonyl (C=O) groups excluding carboxylic acids is 1. The Labute approximate surface area is 103 Å². The van der Waals surface area contributed by atoms with Crippen molar-refractivity contribution < 1.29 is 9.53 Å². The molecule has 0 fully saturated rings. The van der Waals surface area contributed by atoms with Crippen LogP contribution in [0.5, 0.6) is 0 Å². The molecule has 1 rings (SSSR count). The second-order valence-corrected chi connectivity index (χ2v) is 5.12. The summed E-state index contributed by atoms with van der Waals surface area (Å²) in [6, 6.07) is 7.92. The summed E-state index contributed by atoms with van der Waals surface area (Å²) in [5.41, 5.74) is 7.22. The van der Waals surface area contributed by atoms with Crippen molar-refractivity contribution in [3.05, 3.63) is 35.4 Å². The van der Waals surface area contributed by atoms with Crippen molar-refractivity contribution in [2.45, 2.75) is 39.2 Å². The van der Waals surface area contributed by atoms with Crippen LogP contribution in [0.15, 0.2) is 24.3 Å². The highest BCUT2D eigenvalue weighted by molar-refractivity contribution is 5.73. The molecule has 0 heterocycles. The number of carbonyl (C=O) groups is 1. The number of benzene rings is 1. The van der Waals surface area contributed by atoms with E-state index in [1.54, 1.807) is 0 Å². The summed E-state index contributed by atoms with van der Waals surface area (Å²) in [6.45, 7) is 6.26. The molecule has 0 aliphatic heterocycles. The van der Waals surface area contributed by atoms with E-state index in [4.69, 9.17) is 10.5 Å². The minimum Gasteiger partial charge on any atom is -0.460 e. The number of rotatable bonds is 4. The Morgan fingerprint density at radius 3 is 2.18 bits per heavy atom. The maximum Gasteiger partial charge on any atom is 0.310 e. The Bertz CT molecular complexity index is 363. The van der Waals surface area contributed by atoms with Crippen molar-refractivity contribution >= 4 is 5.97 Å². The van der Waals surface area contributed by atoms with Gasteiger partial charge in [0.25, 0.3) is 0 Å². The zero-order valence-electron chi connectivity index (χ0n) is 10.8. The fraction of sp³-hybridized carbons (Fsp3) is 0.500. The molecule has 0 unspecified atom stereocenters. The van der Waals surface area contributed by atoms with Crippen LogP contribution in [-0.2, 0) is 22.4 Å². The van der Waals surface area contributed by atoms with Gasteiger partial charge in [-0.1, -0.05) is 24.3 Å². The average molecular weight is 235 g/mol. The molecule has 0 aromatic heterocycles. The highest BCUT2D eigenvalue weighted by atomic mass is 16.6. The second kappa shape index (κ2) is 5.82. The van der Waals surface area contributed by atoms with E-state index in [2.05, 4.69) is 0 Å². The maximum absolute atomic E-state index is 11.6. The van der Waals surface area contributed by atoms with Gasteiger partial charge in [0.05, 0.1) is 6.42 Å². The van der Waals surface area contributed by atoms with Crippen LogP contribution >= 0.6 is 0 Å². The standard InChI is InChI=1S/C14H21NO2/c1-14(2,3)17-13(16)10-12-6-4-11(5-7-12)8-9-15/h4-7H,8-10,15H2,1-3H3. The lowest BCUT2D eigenvalue weighted by Crippen LogP contribution is -2.24. The Hall–Kier alpha value is -1.35. The van der Waals surface area contributed by atoms with E-state index in [0.717, 1.165) is 12.0 Å². The molecule has 0 saturated heterocycles. The predicted molar refractivity (Wildman–Crippen MR) is 68.7 cm³/mol. The second-order valence-electron chi connectivity index (χ2n) is 5.12.